The monoisotopic (exact) mass is 514 g/mol. The second kappa shape index (κ2) is 10.9. The van der Waals surface area contributed by atoms with E-state index in [2.05, 4.69) is 57.3 Å². The molecule has 1 unspecified atom stereocenters. The fourth-order valence-corrected chi connectivity index (χ4v) is 3.75. The van der Waals surface area contributed by atoms with Crippen molar-refractivity contribution in [2.75, 3.05) is 10.6 Å². The SMILES string of the molecule is CC(C)(C)c1ccc(C(NC(=O)Nc2cccc([N+](=O)[O-])c2)c2ccc(C(=O)Nc3nn[nH]n3)cc2)cc1. The van der Waals surface area contributed by atoms with Crippen molar-refractivity contribution in [3.05, 3.63) is 105 Å². The number of carbonyl (C=O) groups excluding carboxylic acids is 2. The highest BCUT2D eigenvalue weighted by atomic mass is 16.6. The smallest absolute Gasteiger partial charge is 0.319 e. The Morgan fingerprint density at radius 2 is 1.61 bits per heavy atom. The lowest BCUT2D eigenvalue weighted by atomic mass is 9.85. The summed E-state index contributed by atoms with van der Waals surface area (Å²) in [6.07, 6.45) is 0. The Bertz CT molecular complexity index is 1430. The second-order valence-electron chi connectivity index (χ2n) is 9.52. The van der Waals surface area contributed by atoms with Gasteiger partial charge in [-0.05, 0) is 45.5 Å². The molecule has 4 aromatic rings. The molecule has 0 aliphatic carbocycles. The summed E-state index contributed by atoms with van der Waals surface area (Å²) in [4.78, 5) is 36.0. The number of tetrazole rings is 1. The van der Waals surface area contributed by atoms with Crippen LogP contribution in [0, 0.1) is 10.1 Å². The molecule has 1 atom stereocenters. The third-order valence-electron chi connectivity index (χ3n) is 5.78. The van der Waals surface area contributed by atoms with Gasteiger partial charge in [-0.25, -0.2) is 4.79 Å². The Morgan fingerprint density at radius 1 is 0.947 bits per heavy atom. The molecule has 0 spiro atoms. The molecule has 12 heteroatoms. The molecule has 0 saturated heterocycles. The number of amides is 3. The van der Waals surface area contributed by atoms with Gasteiger partial charge in [0.05, 0.1) is 11.0 Å². The van der Waals surface area contributed by atoms with E-state index in [0.29, 0.717) is 5.56 Å². The van der Waals surface area contributed by atoms with Crippen molar-refractivity contribution in [1.82, 2.24) is 25.9 Å². The highest BCUT2D eigenvalue weighted by Gasteiger charge is 2.20. The van der Waals surface area contributed by atoms with Crippen molar-refractivity contribution in [1.29, 1.82) is 0 Å². The zero-order chi connectivity index (χ0) is 27.3. The molecule has 0 aliphatic heterocycles. The Hall–Kier alpha value is -5.13. The normalized spacial score (nSPS) is 11.9. The minimum atomic E-state index is -0.572. The Kier molecular flexibility index (Phi) is 7.42. The number of H-pyrrole nitrogens is 1. The lowest BCUT2D eigenvalue weighted by molar-refractivity contribution is -0.384. The summed E-state index contributed by atoms with van der Waals surface area (Å²) in [5, 5.41) is 32.3. The number of nitrogens with one attached hydrogen (secondary N) is 4. The molecule has 1 aromatic heterocycles. The zero-order valence-corrected chi connectivity index (χ0v) is 20.9. The van der Waals surface area contributed by atoms with Gasteiger partial charge in [-0.1, -0.05) is 68.3 Å². The van der Waals surface area contributed by atoms with Gasteiger partial charge in [0.1, 0.15) is 0 Å². The quantitative estimate of drug-likeness (QED) is 0.207. The van der Waals surface area contributed by atoms with Crippen molar-refractivity contribution >= 4 is 29.3 Å². The molecule has 38 heavy (non-hydrogen) atoms. The first-order valence-corrected chi connectivity index (χ1v) is 11.7. The highest BCUT2D eigenvalue weighted by Crippen LogP contribution is 2.27. The van der Waals surface area contributed by atoms with E-state index in [0.717, 1.165) is 16.7 Å². The van der Waals surface area contributed by atoms with Crippen LogP contribution in [0.15, 0.2) is 72.8 Å². The van der Waals surface area contributed by atoms with Gasteiger partial charge < -0.3 is 10.6 Å². The molecule has 3 aromatic carbocycles. The fourth-order valence-electron chi connectivity index (χ4n) is 3.75. The summed E-state index contributed by atoms with van der Waals surface area (Å²) < 4.78 is 0. The van der Waals surface area contributed by atoms with Crippen LogP contribution in [0.2, 0.25) is 0 Å². The van der Waals surface area contributed by atoms with E-state index in [1.807, 2.05) is 24.3 Å². The largest absolute Gasteiger partial charge is 0.327 e. The van der Waals surface area contributed by atoms with Crippen LogP contribution in [0.1, 0.15) is 53.9 Å². The van der Waals surface area contributed by atoms with Crippen molar-refractivity contribution in [3.8, 4) is 0 Å². The lowest BCUT2D eigenvalue weighted by Gasteiger charge is -2.23. The van der Waals surface area contributed by atoms with Gasteiger partial charge in [0.15, 0.2) is 0 Å². The highest BCUT2D eigenvalue weighted by molar-refractivity contribution is 6.03. The van der Waals surface area contributed by atoms with Crippen LogP contribution in [-0.2, 0) is 5.41 Å². The van der Waals surface area contributed by atoms with E-state index in [1.54, 1.807) is 30.3 Å². The third-order valence-corrected chi connectivity index (χ3v) is 5.78. The lowest BCUT2D eigenvalue weighted by Crippen LogP contribution is -2.33. The van der Waals surface area contributed by atoms with E-state index in [9.17, 15) is 19.7 Å². The van der Waals surface area contributed by atoms with E-state index in [4.69, 9.17) is 0 Å². The molecule has 4 rings (SSSR count). The number of non-ortho nitro benzene ring substituents is 1. The number of nitro groups is 1. The number of nitrogens with zero attached hydrogens (tertiary/aromatic N) is 4. The van der Waals surface area contributed by atoms with Crippen LogP contribution in [0.4, 0.5) is 22.1 Å². The van der Waals surface area contributed by atoms with Gasteiger partial charge in [0, 0.05) is 23.4 Å². The maximum absolute atomic E-state index is 13.0. The van der Waals surface area contributed by atoms with Gasteiger partial charge in [-0.2, -0.15) is 5.21 Å². The molecular formula is C26H26N8O4. The summed E-state index contributed by atoms with van der Waals surface area (Å²) in [5.74, 6) is -0.365. The Balaban J connectivity index is 1.58. The molecule has 12 nitrogen and oxygen atoms in total. The number of aromatic amines is 1. The average Bonchev–Trinajstić information content (AvgIpc) is 3.40. The number of nitro benzene ring substituents is 1. The molecule has 0 fully saturated rings. The maximum Gasteiger partial charge on any atom is 0.319 e. The molecular weight excluding hydrogens is 488 g/mol. The van der Waals surface area contributed by atoms with Gasteiger partial charge in [-0.3, -0.25) is 20.2 Å². The summed E-state index contributed by atoms with van der Waals surface area (Å²) in [7, 11) is 0. The number of anilines is 2. The van der Waals surface area contributed by atoms with E-state index < -0.39 is 22.9 Å². The zero-order valence-electron chi connectivity index (χ0n) is 20.9. The third kappa shape index (κ3) is 6.35. The predicted octanol–water partition coefficient (Wildman–Crippen LogP) is 4.57. The van der Waals surface area contributed by atoms with Crippen LogP contribution < -0.4 is 16.0 Å². The topological polar surface area (TPSA) is 168 Å². The van der Waals surface area contributed by atoms with E-state index >= 15 is 0 Å². The first kappa shape index (κ1) is 25.9. The van der Waals surface area contributed by atoms with Gasteiger partial charge >= 0.3 is 6.03 Å². The number of carbonyl (C=O) groups is 2. The number of urea groups is 1. The summed E-state index contributed by atoms with van der Waals surface area (Å²) in [6, 6.07) is 19.2. The molecule has 4 N–H and O–H groups in total. The van der Waals surface area contributed by atoms with Crippen molar-refractivity contribution < 1.29 is 14.5 Å². The molecule has 194 valence electrons. The summed E-state index contributed by atoms with van der Waals surface area (Å²) in [6.45, 7) is 6.34. The van der Waals surface area contributed by atoms with Crippen molar-refractivity contribution in [3.63, 3.8) is 0 Å². The van der Waals surface area contributed by atoms with Crippen LogP contribution in [-0.4, -0.2) is 37.5 Å². The first-order valence-electron chi connectivity index (χ1n) is 11.7. The molecule has 0 radical (unpaired) electrons. The summed E-state index contributed by atoms with van der Waals surface area (Å²) >= 11 is 0. The summed E-state index contributed by atoms with van der Waals surface area (Å²) in [5.41, 5.74) is 3.14. The second-order valence-corrected chi connectivity index (χ2v) is 9.52. The van der Waals surface area contributed by atoms with Crippen LogP contribution in [0.5, 0.6) is 0 Å². The minimum absolute atomic E-state index is 0.0471. The molecule has 1 heterocycles. The van der Waals surface area contributed by atoms with E-state index in [1.165, 1.54) is 18.2 Å². The fraction of sp³-hybridized carbons (Fsp3) is 0.192. The van der Waals surface area contributed by atoms with Crippen LogP contribution in [0.25, 0.3) is 0 Å². The Morgan fingerprint density at radius 3 is 2.18 bits per heavy atom. The van der Waals surface area contributed by atoms with Gasteiger partial charge in [0.25, 0.3) is 17.5 Å². The van der Waals surface area contributed by atoms with E-state index in [-0.39, 0.29) is 22.7 Å². The number of hydrogen-bond donors (Lipinski definition) is 4. The van der Waals surface area contributed by atoms with Crippen LogP contribution >= 0.6 is 0 Å². The maximum atomic E-state index is 13.0. The number of aromatic nitrogens is 4. The number of rotatable bonds is 7. The number of benzene rings is 3. The van der Waals surface area contributed by atoms with Gasteiger partial charge in [-0.15, -0.1) is 5.10 Å². The van der Waals surface area contributed by atoms with Gasteiger partial charge in [0.2, 0.25) is 0 Å². The standard InChI is InChI=1S/C26H26N8O4/c1-26(2,3)19-13-11-17(12-14-19)22(28-25(36)27-20-5-4-6-21(15-20)34(37)38)16-7-9-18(10-8-16)23(35)29-24-30-32-33-31-24/h4-15,22H,1-3H3,(H2,27,28,36)(H2,29,30,31,32,33,35). The van der Waals surface area contributed by atoms with Crippen LogP contribution in [0.3, 0.4) is 0 Å². The minimum Gasteiger partial charge on any atom is -0.327 e. The molecule has 3 amide bonds. The molecule has 0 bridgehead atoms. The van der Waals surface area contributed by atoms with Crippen molar-refractivity contribution in [2.45, 2.75) is 32.2 Å². The molecule has 0 aliphatic rings. The first-order chi connectivity index (χ1) is 18.1. The predicted molar refractivity (Wildman–Crippen MR) is 141 cm³/mol. The average molecular weight is 515 g/mol. The number of hydrogen-bond acceptors (Lipinski definition) is 7. The molecule has 0 saturated carbocycles. The van der Waals surface area contributed by atoms with Crippen molar-refractivity contribution in [2.24, 2.45) is 0 Å². The Labute approximate surface area is 218 Å².